The highest BCUT2D eigenvalue weighted by atomic mass is 127. The van der Waals surface area contributed by atoms with Crippen molar-refractivity contribution >= 4 is 45.8 Å². The summed E-state index contributed by atoms with van der Waals surface area (Å²) in [4.78, 5) is 12.7. The molecule has 1 N–H and O–H groups in total. The van der Waals surface area contributed by atoms with Gasteiger partial charge < -0.3 is 14.8 Å². The lowest BCUT2D eigenvalue weighted by atomic mass is 10.1. The van der Waals surface area contributed by atoms with Crippen LogP contribution in [0.3, 0.4) is 0 Å². The van der Waals surface area contributed by atoms with Gasteiger partial charge in [-0.1, -0.05) is 54.1 Å². The Bertz CT molecular complexity index is 947. The molecule has 0 saturated heterocycles. The maximum atomic E-state index is 12.7. The number of carbonyl (C=O) groups excluding carboxylic acids is 1. The van der Waals surface area contributed by atoms with E-state index >= 15 is 0 Å². The fraction of sp³-hybridized carbons (Fsp3) is 0.0952. The topological polar surface area (TPSA) is 47.6 Å². The first-order chi connectivity index (χ1) is 13.1. The summed E-state index contributed by atoms with van der Waals surface area (Å²) in [6.45, 7) is 0.342. The van der Waals surface area contributed by atoms with Crippen LogP contribution >= 0.6 is 34.2 Å². The molecule has 0 radical (unpaired) electrons. The van der Waals surface area contributed by atoms with E-state index in [9.17, 15) is 4.79 Å². The molecule has 3 rings (SSSR count). The Morgan fingerprint density at radius 2 is 1.78 bits per heavy atom. The predicted molar refractivity (Wildman–Crippen MR) is 116 cm³/mol. The van der Waals surface area contributed by atoms with Gasteiger partial charge >= 0.3 is 0 Å². The molecule has 0 fully saturated rings. The van der Waals surface area contributed by atoms with Gasteiger partial charge in [0.05, 0.1) is 17.8 Å². The summed E-state index contributed by atoms with van der Waals surface area (Å²) in [5.74, 6) is 0.549. The molecule has 0 heterocycles. The molecule has 0 saturated carbocycles. The summed E-state index contributed by atoms with van der Waals surface area (Å²) in [7, 11) is 1.52. The van der Waals surface area contributed by atoms with E-state index in [2.05, 4.69) is 27.9 Å². The summed E-state index contributed by atoms with van der Waals surface area (Å²) in [6, 6.07) is 20.5. The number of benzene rings is 3. The second kappa shape index (κ2) is 9.10. The number of halogens is 2. The van der Waals surface area contributed by atoms with E-state index in [4.69, 9.17) is 21.1 Å². The molecule has 3 aromatic carbocycles. The maximum Gasteiger partial charge on any atom is 0.255 e. The van der Waals surface area contributed by atoms with Crippen molar-refractivity contribution < 1.29 is 14.3 Å². The van der Waals surface area contributed by atoms with E-state index in [1.54, 1.807) is 12.1 Å². The van der Waals surface area contributed by atoms with Gasteiger partial charge in [-0.3, -0.25) is 4.79 Å². The van der Waals surface area contributed by atoms with Crippen LogP contribution in [0.1, 0.15) is 15.9 Å². The summed E-state index contributed by atoms with van der Waals surface area (Å²) in [6.07, 6.45) is 0. The summed E-state index contributed by atoms with van der Waals surface area (Å²) < 4.78 is 12.2. The summed E-state index contributed by atoms with van der Waals surface area (Å²) in [5, 5.41) is 3.21. The molecule has 27 heavy (non-hydrogen) atoms. The SMILES string of the molecule is COc1c(Cl)cc(C(=O)Nc2ccccc2I)cc1OCc1ccccc1. The van der Waals surface area contributed by atoms with E-state index in [0.717, 1.165) is 14.8 Å². The van der Waals surface area contributed by atoms with Crippen LogP contribution in [-0.4, -0.2) is 13.0 Å². The predicted octanol–water partition coefficient (Wildman–Crippen LogP) is 5.78. The van der Waals surface area contributed by atoms with Crippen LogP contribution in [0.25, 0.3) is 0 Å². The standard InChI is InChI=1S/C21H17ClINO3/c1-26-20-16(22)11-15(21(25)24-18-10-6-5-9-17(18)23)12-19(20)27-13-14-7-3-2-4-8-14/h2-12H,13H2,1H3,(H,24,25). The molecule has 6 heteroatoms. The van der Waals surface area contributed by atoms with E-state index in [0.29, 0.717) is 28.7 Å². The van der Waals surface area contributed by atoms with E-state index in [1.807, 2.05) is 54.6 Å². The third kappa shape index (κ3) is 4.93. The Kier molecular flexibility index (Phi) is 6.58. The van der Waals surface area contributed by atoms with Crippen LogP contribution in [0.15, 0.2) is 66.7 Å². The largest absolute Gasteiger partial charge is 0.491 e. The fourth-order valence-corrected chi connectivity index (χ4v) is 3.31. The van der Waals surface area contributed by atoms with Gasteiger partial charge in [-0.25, -0.2) is 0 Å². The molecule has 0 aliphatic heterocycles. The Morgan fingerprint density at radius 3 is 2.48 bits per heavy atom. The van der Waals surface area contributed by atoms with Crippen molar-refractivity contribution in [2.45, 2.75) is 6.61 Å². The van der Waals surface area contributed by atoms with Gasteiger partial charge in [-0.05, 0) is 52.4 Å². The number of rotatable bonds is 6. The molecule has 0 unspecified atom stereocenters. The van der Waals surface area contributed by atoms with Crippen molar-refractivity contribution in [3.05, 3.63) is 86.4 Å². The highest BCUT2D eigenvalue weighted by Crippen LogP contribution is 2.37. The fourth-order valence-electron chi connectivity index (χ4n) is 2.50. The molecule has 3 aromatic rings. The summed E-state index contributed by atoms with van der Waals surface area (Å²) >= 11 is 8.48. The zero-order valence-electron chi connectivity index (χ0n) is 14.5. The van der Waals surface area contributed by atoms with Crippen LogP contribution in [0, 0.1) is 3.57 Å². The van der Waals surface area contributed by atoms with Gasteiger partial charge in [0.15, 0.2) is 11.5 Å². The number of methoxy groups -OCH3 is 1. The minimum atomic E-state index is -0.270. The number of hydrogen-bond donors (Lipinski definition) is 1. The Hall–Kier alpha value is -2.25. The smallest absolute Gasteiger partial charge is 0.255 e. The second-order valence-electron chi connectivity index (χ2n) is 5.70. The van der Waals surface area contributed by atoms with E-state index < -0.39 is 0 Å². The van der Waals surface area contributed by atoms with Crippen LogP contribution in [0.5, 0.6) is 11.5 Å². The second-order valence-corrected chi connectivity index (χ2v) is 7.27. The minimum Gasteiger partial charge on any atom is -0.491 e. The lowest BCUT2D eigenvalue weighted by molar-refractivity contribution is 0.102. The molecule has 0 aliphatic rings. The number of hydrogen-bond acceptors (Lipinski definition) is 3. The van der Waals surface area contributed by atoms with E-state index in [-0.39, 0.29) is 5.91 Å². The quantitative estimate of drug-likeness (QED) is 0.443. The van der Waals surface area contributed by atoms with Crippen molar-refractivity contribution in [1.29, 1.82) is 0 Å². The Labute approximate surface area is 176 Å². The van der Waals surface area contributed by atoms with Gasteiger partial charge in [-0.2, -0.15) is 0 Å². The molecule has 1 amide bonds. The molecule has 0 atom stereocenters. The van der Waals surface area contributed by atoms with Crippen LogP contribution < -0.4 is 14.8 Å². The lowest BCUT2D eigenvalue weighted by Crippen LogP contribution is -2.13. The minimum absolute atomic E-state index is 0.270. The number of para-hydroxylation sites is 1. The Balaban J connectivity index is 1.84. The monoisotopic (exact) mass is 493 g/mol. The van der Waals surface area contributed by atoms with Gasteiger partial charge in [-0.15, -0.1) is 0 Å². The highest BCUT2D eigenvalue weighted by molar-refractivity contribution is 14.1. The molecule has 0 spiro atoms. The third-order valence-corrected chi connectivity index (χ3v) is 5.06. The van der Waals surface area contributed by atoms with Crippen molar-refractivity contribution in [1.82, 2.24) is 0 Å². The number of anilines is 1. The van der Waals surface area contributed by atoms with Crippen molar-refractivity contribution in [2.75, 3.05) is 12.4 Å². The molecule has 4 nitrogen and oxygen atoms in total. The first-order valence-electron chi connectivity index (χ1n) is 8.18. The van der Waals surface area contributed by atoms with Crippen molar-refractivity contribution in [3.63, 3.8) is 0 Å². The molecule has 0 aliphatic carbocycles. The zero-order valence-corrected chi connectivity index (χ0v) is 17.5. The average Bonchev–Trinajstić information content (AvgIpc) is 2.68. The molecular weight excluding hydrogens is 477 g/mol. The van der Waals surface area contributed by atoms with Gasteiger partial charge in [0.25, 0.3) is 5.91 Å². The zero-order chi connectivity index (χ0) is 19.2. The lowest BCUT2D eigenvalue weighted by Gasteiger charge is -2.14. The number of amides is 1. The number of ether oxygens (including phenoxy) is 2. The molecule has 138 valence electrons. The van der Waals surface area contributed by atoms with Crippen molar-refractivity contribution in [3.8, 4) is 11.5 Å². The van der Waals surface area contributed by atoms with Crippen LogP contribution in [0.4, 0.5) is 5.69 Å². The first-order valence-corrected chi connectivity index (χ1v) is 9.64. The average molecular weight is 494 g/mol. The first kappa shape index (κ1) is 19.5. The number of nitrogens with one attached hydrogen (secondary N) is 1. The van der Waals surface area contributed by atoms with E-state index in [1.165, 1.54) is 7.11 Å². The normalized spacial score (nSPS) is 10.3. The van der Waals surface area contributed by atoms with Crippen LogP contribution in [0.2, 0.25) is 5.02 Å². The van der Waals surface area contributed by atoms with Crippen LogP contribution in [-0.2, 0) is 6.61 Å². The summed E-state index contributed by atoms with van der Waals surface area (Å²) in [5.41, 5.74) is 2.13. The highest BCUT2D eigenvalue weighted by Gasteiger charge is 2.16. The van der Waals surface area contributed by atoms with Gasteiger partial charge in [0, 0.05) is 9.13 Å². The molecule has 0 bridgehead atoms. The maximum absolute atomic E-state index is 12.7. The van der Waals surface area contributed by atoms with Gasteiger partial charge in [0.2, 0.25) is 0 Å². The molecular formula is C21H17ClINO3. The Morgan fingerprint density at radius 1 is 1.07 bits per heavy atom. The molecule has 0 aromatic heterocycles. The van der Waals surface area contributed by atoms with Gasteiger partial charge in [0.1, 0.15) is 6.61 Å². The van der Waals surface area contributed by atoms with Crippen molar-refractivity contribution in [2.24, 2.45) is 0 Å². The third-order valence-electron chi connectivity index (χ3n) is 3.84. The number of carbonyl (C=O) groups is 1.